The van der Waals surface area contributed by atoms with Crippen molar-refractivity contribution in [2.75, 3.05) is 6.54 Å². The van der Waals surface area contributed by atoms with Crippen LogP contribution >= 0.6 is 11.3 Å². The second kappa shape index (κ2) is 6.78. The van der Waals surface area contributed by atoms with Crippen molar-refractivity contribution in [3.63, 3.8) is 0 Å². The van der Waals surface area contributed by atoms with Crippen LogP contribution < -0.4 is 5.32 Å². The molecule has 0 aliphatic rings. The van der Waals surface area contributed by atoms with E-state index in [-0.39, 0.29) is 0 Å². The molecule has 19 heavy (non-hydrogen) atoms. The van der Waals surface area contributed by atoms with E-state index in [1.54, 1.807) is 11.3 Å². The molecule has 2 aromatic rings. The Morgan fingerprint density at radius 3 is 2.79 bits per heavy atom. The quantitative estimate of drug-likeness (QED) is 0.877. The van der Waals surface area contributed by atoms with Gasteiger partial charge in [-0.25, -0.2) is 4.98 Å². The van der Waals surface area contributed by atoms with E-state index in [0.717, 1.165) is 25.1 Å². The lowest BCUT2D eigenvalue weighted by atomic mass is 10.1. The third kappa shape index (κ3) is 3.85. The van der Waals surface area contributed by atoms with Crippen molar-refractivity contribution in [1.29, 1.82) is 0 Å². The van der Waals surface area contributed by atoms with E-state index in [0.29, 0.717) is 6.04 Å². The third-order valence-corrected chi connectivity index (χ3v) is 4.27. The summed E-state index contributed by atoms with van der Waals surface area (Å²) in [6, 6.07) is 4.43. The van der Waals surface area contributed by atoms with Gasteiger partial charge in [-0.3, -0.25) is 4.98 Å². The monoisotopic (exact) mass is 275 g/mol. The molecule has 0 spiro atoms. The van der Waals surface area contributed by atoms with Crippen LogP contribution in [0.2, 0.25) is 0 Å². The number of hydrogen-bond donors (Lipinski definition) is 1. The molecule has 0 radical (unpaired) electrons. The van der Waals surface area contributed by atoms with E-state index in [4.69, 9.17) is 0 Å². The van der Waals surface area contributed by atoms with Gasteiger partial charge >= 0.3 is 0 Å². The summed E-state index contributed by atoms with van der Waals surface area (Å²) < 4.78 is 0. The second-order valence-electron chi connectivity index (χ2n) is 4.75. The van der Waals surface area contributed by atoms with Crippen LogP contribution in [0.4, 0.5) is 0 Å². The largest absolute Gasteiger partial charge is 0.310 e. The summed E-state index contributed by atoms with van der Waals surface area (Å²) in [6.45, 7) is 7.41. The highest BCUT2D eigenvalue weighted by molar-refractivity contribution is 7.11. The first-order chi connectivity index (χ1) is 9.20. The van der Waals surface area contributed by atoms with Crippen molar-refractivity contribution in [1.82, 2.24) is 15.3 Å². The maximum absolute atomic E-state index is 4.64. The minimum absolute atomic E-state index is 0.304. The molecule has 102 valence electrons. The topological polar surface area (TPSA) is 37.8 Å². The van der Waals surface area contributed by atoms with E-state index in [2.05, 4.69) is 42.1 Å². The number of rotatable bonds is 6. The minimum Gasteiger partial charge on any atom is -0.310 e. The zero-order chi connectivity index (χ0) is 13.7. The Bertz CT molecular complexity index is 488. The van der Waals surface area contributed by atoms with Gasteiger partial charge in [0.1, 0.15) is 0 Å². The molecular formula is C15H21N3S. The molecule has 0 aromatic carbocycles. The van der Waals surface area contributed by atoms with Gasteiger partial charge in [0.2, 0.25) is 0 Å². The molecule has 0 saturated carbocycles. The number of thiazole rings is 1. The highest BCUT2D eigenvalue weighted by Gasteiger charge is 2.14. The highest BCUT2D eigenvalue weighted by atomic mass is 32.1. The smallest absolute Gasteiger partial charge is 0.0949 e. The minimum atomic E-state index is 0.304. The fourth-order valence-electron chi connectivity index (χ4n) is 2.01. The Morgan fingerprint density at radius 1 is 1.37 bits per heavy atom. The Balaban J connectivity index is 2.14. The van der Waals surface area contributed by atoms with Gasteiger partial charge in [-0.05, 0) is 38.4 Å². The molecule has 2 rings (SSSR count). The van der Waals surface area contributed by atoms with Crippen LogP contribution in [0.15, 0.2) is 24.5 Å². The Kier molecular flexibility index (Phi) is 5.05. The molecule has 0 fully saturated rings. The number of hydrogen-bond acceptors (Lipinski definition) is 4. The summed E-state index contributed by atoms with van der Waals surface area (Å²) in [6.07, 6.45) is 5.83. The molecule has 3 nitrogen and oxygen atoms in total. The second-order valence-corrected chi connectivity index (χ2v) is 6.03. The molecule has 0 aliphatic carbocycles. The predicted molar refractivity (Wildman–Crippen MR) is 80.6 cm³/mol. The summed E-state index contributed by atoms with van der Waals surface area (Å²) in [5.41, 5.74) is 2.39. The Morgan fingerprint density at radius 2 is 2.21 bits per heavy atom. The normalized spacial score (nSPS) is 12.6. The molecule has 2 heterocycles. The van der Waals surface area contributed by atoms with Crippen LogP contribution in [0.3, 0.4) is 0 Å². The molecule has 4 heteroatoms. The van der Waals surface area contributed by atoms with Crippen LogP contribution in [0, 0.1) is 13.8 Å². The zero-order valence-electron chi connectivity index (χ0n) is 11.8. The molecule has 1 N–H and O–H groups in total. The van der Waals surface area contributed by atoms with Gasteiger partial charge in [0, 0.05) is 29.7 Å². The number of aromatic nitrogens is 2. The standard InChI is InChI=1S/C15H21N3S/c1-4-7-17-14(13-6-5-8-16-10-13)9-15-18-11(2)12(3)19-15/h5-6,8,10,14,17H,4,7,9H2,1-3H3. The number of nitrogens with zero attached hydrogens (tertiary/aromatic N) is 2. The fourth-order valence-corrected chi connectivity index (χ4v) is 2.99. The molecule has 1 unspecified atom stereocenters. The molecule has 2 aromatic heterocycles. The molecule has 0 saturated heterocycles. The van der Waals surface area contributed by atoms with Crippen molar-refractivity contribution in [3.05, 3.63) is 45.7 Å². The maximum Gasteiger partial charge on any atom is 0.0949 e. The molecule has 0 amide bonds. The first kappa shape index (κ1) is 14.2. The first-order valence-corrected chi connectivity index (χ1v) is 7.58. The van der Waals surface area contributed by atoms with E-state index >= 15 is 0 Å². The first-order valence-electron chi connectivity index (χ1n) is 6.77. The van der Waals surface area contributed by atoms with Crippen molar-refractivity contribution in [3.8, 4) is 0 Å². The summed E-state index contributed by atoms with van der Waals surface area (Å²) in [7, 11) is 0. The predicted octanol–water partition coefficient (Wildman–Crippen LogP) is 3.44. The van der Waals surface area contributed by atoms with Gasteiger partial charge in [0.15, 0.2) is 0 Å². The Hall–Kier alpha value is -1.26. The molecule has 1 atom stereocenters. The van der Waals surface area contributed by atoms with Crippen molar-refractivity contribution < 1.29 is 0 Å². The van der Waals surface area contributed by atoms with Crippen LogP contribution in [0.25, 0.3) is 0 Å². The molecule has 0 aliphatic heterocycles. The lowest BCUT2D eigenvalue weighted by Crippen LogP contribution is -2.24. The van der Waals surface area contributed by atoms with E-state index in [9.17, 15) is 0 Å². The summed E-state index contributed by atoms with van der Waals surface area (Å²) in [5.74, 6) is 0. The van der Waals surface area contributed by atoms with E-state index in [1.165, 1.54) is 15.4 Å². The highest BCUT2D eigenvalue weighted by Crippen LogP contribution is 2.23. The van der Waals surface area contributed by atoms with Gasteiger partial charge in [0.25, 0.3) is 0 Å². The van der Waals surface area contributed by atoms with E-state index < -0.39 is 0 Å². The van der Waals surface area contributed by atoms with Gasteiger partial charge in [-0.15, -0.1) is 11.3 Å². The summed E-state index contributed by atoms with van der Waals surface area (Å²) in [4.78, 5) is 10.2. The van der Waals surface area contributed by atoms with Gasteiger partial charge in [-0.2, -0.15) is 0 Å². The number of aryl methyl sites for hydroxylation is 2. The summed E-state index contributed by atoms with van der Waals surface area (Å²) in [5, 5.41) is 4.79. The zero-order valence-corrected chi connectivity index (χ0v) is 12.6. The number of nitrogens with one attached hydrogen (secondary N) is 1. The SMILES string of the molecule is CCCNC(Cc1nc(C)c(C)s1)c1cccnc1. The van der Waals surface area contributed by atoms with Gasteiger partial charge in [-0.1, -0.05) is 13.0 Å². The Labute approximate surface area is 119 Å². The maximum atomic E-state index is 4.64. The number of pyridine rings is 1. The lowest BCUT2D eigenvalue weighted by molar-refractivity contribution is 0.526. The fraction of sp³-hybridized carbons (Fsp3) is 0.467. The average molecular weight is 275 g/mol. The molecular weight excluding hydrogens is 254 g/mol. The lowest BCUT2D eigenvalue weighted by Gasteiger charge is -2.17. The molecule has 0 bridgehead atoms. The third-order valence-electron chi connectivity index (χ3n) is 3.18. The van der Waals surface area contributed by atoms with E-state index in [1.807, 2.05) is 18.5 Å². The summed E-state index contributed by atoms with van der Waals surface area (Å²) >= 11 is 1.80. The van der Waals surface area contributed by atoms with Crippen molar-refractivity contribution in [2.45, 2.75) is 39.7 Å². The van der Waals surface area contributed by atoms with Crippen LogP contribution in [0.1, 0.15) is 40.5 Å². The van der Waals surface area contributed by atoms with Crippen molar-refractivity contribution >= 4 is 11.3 Å². The van der Waals surface area contributed by atoms with Crippen LogP contribution in [-0.4, -0.2) is 16.5 Å². The van der Waals surface area contributed by atoms with Crippen molar-refractivity contribution in [2.24, 2.45) is 0 Å². The average Bonchev–Trinajstić information content (AvgIpc) is 2.74. The van der Waals surface area contributed by atoms with Crippen LogP contribution in [0.5, 0.6) is 0 Å². The van der Waals surface area contributed by atoms with Gasteiger partial charge in [0.05, 0.1) is 10.7 Å². The van der Waals surface area contributed by atoms with Crippen LogP contribution in [-0.2, 0) is 6.42 Å². The van der Waals surface area contributed by atoms with Gasteiger partial charge < -0.3 is 5.32 Å².